The molecule has 22 heavy (non-hydrogen) atoms. The number of hydrogen-bond acceptors (Lipinski definition) is 3. The Morgan fingerprint density at radius 2 is 1.77 bits per heavy atom. The third-order valence-electron chi connectivity index (χ3n) is 2.99. The number of amides is 1. The van der Waals surface area contributed by atoms with Crippen molar-refractivity contribution in [2.24, 2.45) is 0 Å². The zero-order valence-corrected chi connectivity index (χ0v) is 17.2. The van der Waals surface area contributed by atoms with Gasteiger partial charge in [-0.2, -0.15) is 6.42 Å². The molecule has 2 N–H and O–H groups in total. The fraction of sp³-hybridized carbons (Fsp3) is 0.867. The maximum atomic E-state index is 13.4. The molecule has 4 nitrogen and oxygen atoms in total. The van der Waals surface area contributed by atoms with Gasteiger partial charge in [-0.05, 0) is 19.3 Å². The largest absolute Gasteiger partial charge is 0.400 e. The summed E-state index contributed by atoms with van der Waals surface area (Å²) in [5.41, 5.74) is 0. The first kappa shape index (κ1) is 27.2. The average Bonchev–Trinajstić information content (AvgIpc) is 2.44. The van der Waals surface area contributed by atoms with Crippen molar-refractivity contribution in [3.63, 3.8) is 0 Å². The van der Waals surface area contributed by atoms with Crippen molar-refractivity contribution in [2.75, 3.05) is 26.7 Å². The molecule has 1 heterocycles. The van der Waals surface area contributed by atoms with Crippen LogP contribution in [0.25, 0.3) is 0 Å². The van der Waals surface area contributed by atoms with Crippen LogP contribution in [0.5, 0.6) is 0 Å². The summed E-state index contributed by atoms with van der Waals surface area (Å²) in [6.07, 6.45) is 1.61. The zero-order valence-electron chi connectivity index (χ0n) is 14.4. The summed E-state index contributed by atoms with van der Waals surface area (Å²) in [5.74, 6) is -2.69. The van der Waals surface area contributed by atoms with E-state index >= 15 is 0 Å². The molecular formula is C15H31F2N2O2Y-. The first-order valence-electron chi connectivity index (χ1n) is 7.54. The predicted octanol–water partition coefficient (Wildman–Crippen LogP) is 2.47. The number of carbonyl (C=O) groups excluding carboxylic acids is 1. The van der Waals surface area contributed by atoms with E-state index in [-0.39, 0.29) is 64.0 Å². The molecule has 0 aliphatic carbocycles. The van der Waals surface area contributed by atoms with Crippen LogP contribution in [0.2, 0.25) is 0 Å². The molecule has 1 saturated heterocycles. The number of nitrogens with zero attached hydrogens (tertiary/aromatic N) is 1. The third kappa shape index (κ3) is 14.0. The summed E-state index contributed by atoms with van der Waals surface area (Å²) in [7, 11) is 1.00. The SMILES string of the molecule is CC.CO.[CH2-]CCC(F)(F)CN1CCC(NC(C)=O)CC1.[Y]. The molecule has 1 aliphatic rings. The van der Waals surface area contributed by atoms with Crippen LogP contribution in [0.3, 0.4) is 0 Å². The van der Waals surface area contributed by atoms with E-state index in [2.05, 4.69) is 12.2 Å². The van der Waals surface area contributed by atoms with E-state index < -0.39 is 5.92 Å². The van der Waals surface area contributed by atoms with Crippen molar-refractivity contribution >= 4 is 5.91 Å². The topological polar surface area (TPSA) is 52.6 Å². The summed E-state index contributed by atoms with van der Waals surface area (Å²) in [6.45, 7) is 10.0. The molecule has 0 bridgehead atoms. The molecule has 0 atom stereocenters. The molecule has 1 radical (unpaired) electrons. The maximum absolute atomic E-state index is 13.4. The molecule has 0 saturated carbocycles. The molecular weight excluding hydrogens is 367 g/mol. The molecule has 0 aromatic heterocycles. The van der Waals surface area contributed by atoms with Crippen molar-refractivity contribution in [1.82, 2.24) is 10.2 Å². The van der Waals surface area contributed by atoms with Crippen LogP contribution in [0.4, 0.5) is 8.78 Å². The first-order valence-corrected chi connectivity index (χ1v) is 7.54. The van der Waals surface area contributed by atoms with E-state index in [0.717, 1.165) is 20.0 Å². The van der Waals surface area contributed by atoms with Gasteiger partial charge in [0.25, 0.3) is 5.92 Å². The molecule has 7 heteroatoms. The number of piperidine rings is 1. The van der Waals surface area contributed by atoms with Gasteiger partial charge < -0.3 is 17.3 Å². The Bertz CT molecular complexity index is 262. The summed E-state index contributed by atoms with van der Waals surface area (Å²) in [6, 6.07) is 0.144. The summed E-state index contributed by atoms with van der Waals surface area (Å²) in [4.78, 5) is 12.6. The molecule has 1 amide bonds. The van der Waals surface area contributed by atoms with Gasteiger partial charge in [0.05, 0.1) is 6.54 Å². The Morgan fingerprint density at radius 1 is 1.32 bits per heavy atom. The van der Waals surface area contributed by atoms with E-state index in [4.69, 9.17) is 5.11 Å². The summed E-state index contributed by atoms with van der Waals surface area (Å²) < 4.78 is 26.7. The van der Waals surface area contributed by atoms with Crippen molar-refractivity contribution < 1.29 is 51.4 Å². The normalized spacial score (nSPS) is 15.5. The molecule has 0 spiro atoms. The van der Waals surface area contributed by atoms with E-state index in [1.807, 2.05) is 13.8 Å². The second kappa shape index (κ2) is 16.2. The second-order valence-electron chi connectivity index (χ2n) is 4.71. The standard InChI is InChI=1S/C12H21F2N2O.C2H6.CH4O.Y/c1-3-6-12(13,14)9-16-7-4-11(5-8-16)15-10(2)17;2*1-2;/h11H,1,3-9H2,2H3,(H,15,17);1-2H3;2H,1H3;/q-1;;;. The van der Waals surface area contributed by atoms with Gasteiger partial charge in [-0.25, -0.2) is 8.78 Å². The summed E-state index contributed by atoms with van der Waals surface area (Å²) >= 11 is 0. The number of aliphatic hydroxyl groups is 1. The molecule has 1 rings (SSSR count). The Balaban J connectivity index is -0.000000665. The quantitative estimate of drug-likeness (QED) is 0.700. The van der Waals surface area contributed by atoms with Crippen LogP contribution in [-0.2, 0) is 37.5 Å². The fourth-order valence-corrected chi connectivity index (χ4v) is 2.19. The van der Waals surface area contributed by atoms with Crippen LogP contribution in [-0.4, -0.2) is 54.6 Å². The van der Waals surface area contributed by atoms with Crippen molar-refractivity contribution in [1.29, 1.82) is 0 Å². The smallest absolute Gasteiger partial charge is 0.258 e. The number of alkyl halides is 2. The number of carbonyl (C=O) groups is 1. The van der Waals surface area contributed by atoms with Crippen molar-refractivity contribution in [2.45, 2.75) is 58.4 Å². The van der Waals surface area contributed by atoms with Crippen molar-refractivity contribution in [3.8, 4) is 0 Å². The van der Waals surface area contributed by atoms with E-state index in [1.54, 1.807) is 4.90 Å². The van der Waals surface area contributed by atoms with Crippen LogP contribution < -0.4 is 5.32 Å². The van der Waals surface area contributed by atoms with Gasteiger partial charge in [0.1, 0.15) is 0 Å². The molecule has 1 fully saturated rings. The molecule has 0 unspecified atom stereocenters. The van der Waals surface area contributed by atoms with E-state index in [1.165, 1.54) is 6.92 Å². The van der Waals surface area contributed by atoms with Crippen LogP contribution in [0.15, 0.2) is 0 Å². The molecule has 0 aromatic carbocycles. The number of hydrogen-bond donors (Lipinski definition) is 2. The van der Waals surface area contributed by atoms with Gasteiger partial charge in [-0.15, -0.1) is 0 Å². The maximum Gasteiger partial charge on any atom is 0.258 e. The van der Waals surface area contributed by atoms with E-state index in [0.29, 0.717) is 13.1 Å². The Morgan fingerprint density at radius 3 is 2.14 bits per heavy atom. The predicted molar refractivity (Wildman–Crippen MR) is 82.3 cm³/mol. The minimum absolute atomic E-state index is 0. The van der Waals surface area contributed by atoms with E-state index in [9.17, 15) is 13.6 Å². The van der Waals surface area contributed by atoms with Gasteiger partial charge in [-0.3, -0.25) is 9.69 Å². The Kier molecular flexibility index (Phi) is 20.1. The minimum atomic E-state index is -2.64. The third-order valence-corrected chi connectivity index (χ3v) is 2.99. The Labute approximate surface area is 159 Å². The number of halogens is 2. The van der Waals surface area contributed by atoms with Crippen LogP contribution in [0, 0.1) is 6.92 Å². The van der Waals surface area contributed by atoms with Gasteiger partial charge in [-0.1, -0.05) is 13.8 Å². The minimum Gasteiger partial charge on any atom is -0.400 e. The zero-order chi connectivity index (χ0) is 16.9. The van der Waals surface area contributed by atoms with Crippen LogP contribution in [0.1, 0.15) is 46.5 Å². The van der Waals surface area contributed by atoms with Gasteiger partial charge >= 0.3 is 0 Å². The van der Waals surface area contributed by atoms with Crippen molar-refractivity contribution in [3.05, 3.63) is 6.92 Å². The monoisotopic (exact) mass is 398 g/mol. The second-order valence-corrected chi connectivity index (χ2v) is 4.71. The Hall–Kier alpha value is 0.354. The van der Waals surface area contributed by atoms with Gasteiger partial charge in [0.2, 0.25) is 5.91 Å². The van der Waals surface area contributed by atoms with Gasteiger partial charge in [0, 0.05) is 65.9 Å². The number of nitrogens with one attached hydrogen (secondary N) is 1. The number of rotatable bonds is 5. The molecule has 0 aromatic rings. The number of aliphatic hydroxyl groups excluding tert-OH is 1. The molecule has 1 aliphatic heterocycles. The summed E-state index contributed by atoms with van der Waals surface area (Å²) in [5, 5.41) is 9.83. The first-order chi connectivity index (χ1) is 9.93. The average molecular weight is 398 g/mol. The number of likely N-dealkylation sites (tertiary alicyclic amines) is 1. The van der Waals surface area contributed by atoms with Crippen LogP contribution >= 0.6 is 0 Å². The fourth-order valence-electron chi connectivity index (χ4n) is 2.19. The molecule has 131 valence electrons. The van der Waals surface area contributed by atoms with Gasteiger partial charge in [0.15, 0.2) is 0 Å².